The second-order valence-electron chi connectivity index (χ2n) is 9.31. The maximum Gasteiger partial charge on any atom is 0.311 e. The van der Waals surface area contributed by atoms with Gasteiger partial charge in [0.2, 0.25) is 0 Å². The number of hydrogen-bond donors (Lipinski definition) is 0. The molecule has 5 rings (SSSR count). The molecule has 192 valence electrons. The van der Waals surface area contributed by atoms with Crippen LogP contribution in [0.3, 0.4) is 0 Å². The van der Waals surface area contributed by atoms with Gasteiger partial charge in [-0.3, -0.25) is 9.59 Å². The first-order chi connectivity index (χ1) is 19.0. The monoisotopic (exact) mass is 516 g/mol. The molecule has 2 aliphatic carbocycles. The Bertz CT molecular complexity index is 1510. The molecular formula is C31H24N4O4. The number of ether oxygens (including phenoxy) is 2. The molecule has 3 aromatic rings. The molecular weight excluding hydrogens is 492 g/mol. The zero-order valence-corrected chi connectivity index (χ0v) is 21.1. The lowest BCUT2D eigenvalue weighted by atomic mass is 9.71. The lowest BCUT2D eigenvalue weighted by Gasteiger charge is -2.32. The number of carbonyl (C=O) groups excluding carboxylic acids is 2. The molecule has 2 aromatic carbocycles. The molecule has 2 aliphatic rings. The molecule has 0 unspecified atom stereocenters. The van der Waals surface area contributed by atoms with Crippen molar-refractivity contribution in [3.8, 4) is 23.6 Å². The summed E-state index contributed by atoms with van der Waals surface area (Å²) in [6.45, 7) is 0. The van der Waals surface area contributed by atoms with E-state index in [1.165, 1.54) is 0 Å². The number of rotatable bonds is 8. The van der Waals surface area contributed by atoms with Gasteiger partial charge in [0, 0.05) is 23.8 Å². The minimum absolute atomic E-state index is 0.0380. The zero-order valence-electron chi connectivity index (χ0n) is 21.1. The van der Waals surface area contributed by atoms with Gasteiger partial charge in [0.1, 0.15) is 23.6 Å². The number of hydrogen-bond acceptors (Lipinski definition) is 8. The normalized spacial score (nSPS) is 14.5. The highest BCUT2D eigenvalue weighted by atomic mass is 16.5. The molecule has 0 fully saturated rings. The number of allylic oxidation sites excluding steroid dienone is 4. The lowest BCUT2D eigenvalue weighted by Crippen LogP contribution is -2.30. The van der Waals surface area contributed by atoms with E-state index in [9.17, 15) is 20.1 Å². The number of nitriles is 2. The van der Waals surface area contributed by atoms with Gasteiger partial charge in [-0.05, 0) is 55.5 Å². The molecule has 8 nitrogen and oxygen atoms in total. The van der Waals surface area contributed by atoms with E-state index in [4.69, 9.17) is 9.47 Å². The lowest BCUT2D eigenvalue weighted by molar-refractivity contribution is -0.134. The molecule has 8 heteroatoms. The van der Waals surface area contributed by atoms with Crippen LogP contribution in [0.5, 0.6) is 11.5 Å². The Balaban J connectivity index is 1.50. The fraction of sp³-hybridized carbons (Fsp3) is 0.226. The average molecular weight is 517 g/mol. The van der Waals surface area contributed by atoms with E-state index in [0.717, 1.165) is 24.0 Å². The largest absolute Gasteiger partial charge is 0.427 e. The topological polar surface area (TPSA) is 126 Å². The maximum atomic E-state index is 12.9. The Morgan fingerprint density at radius 3 is 1.82 bits per heavy atom. The SMILES string of the molecule is N#Cc1nc2c(nc1C#N)C(CCC(=O)Oc1ccccc1)(CCC(=O)Oc1ccccc1)C1=CCCC=C12. The van der Waals surface area contributed by atoms with Crippen molar-refractivity contribution in [2.24, 2.45) is 0 Å². The third kappa shape index (κ3) is 5.18. The predicted octanol–water partition coefficient (Wildman–Crippen LogP) is 5.35. The molecule has 1 heterocycles. The third-order valence-electron chi connectivity index (χ3n) is 6.95. The van der Waals surface area contributed by atoms with E-state index in [0.29, 0.717) is 22.9 Å². The van der Waals surface area contributed by atoms with Gasteiger partial charge in [-0.15, -0.1) is 0 Å². The van der Waals surface area contributed by atoms with Crippen molar-refractivity contribution in [3.63, 3.8) is 0 Å². The molecule has 0 bridgehead atoms. The Labute approximate surface area is 225 Å². The minimum atomic E-state index is -0.889. The van der Waals surface area contributed by atoms with Gasteiger partial charge in [-0.1, -0.05) is 48.6 Å². The number of para-hydroxylation sites is 2. The van der Waals surface area contributed by atoms with E-state index >= 15 is 0 Å². The van der Waals surface area contributed by atoms with E-state index in [-0.39, 0.29) is 37.1 Å². The van der Waals surface area contributed by atoms with Crippen LogP contribution in [-0.4, -0.2) is 21.9 Å². The van der Waals surface area contributed by atoms with E-state index < -0.39 is 17.4 Å². The summed E-state index contributed by atoms with van der Waals surface area (Å²) in [7, 11) is 0. The quantitative estimate of drug-likeness (QED) is 0.290. The first-order valence-corrected chi connectivity index (χ1v) is 12.7. The van der Waals surface area contributed by atoms with Gasteiger partial charge in [0.25, 0.3) is 0 Å². The van der Waals surface area contributed by atoms with Crippen molar-refractivity contribution in [3.05, 3.63) is 101 Å². The maximum absolute atomic E-state index is 12.9. The van der Waals surface area contributed by atoms with Crippen LogP contribution in [0, 0.1) is 22.7 Å². The fourth-order valence-electron chi connectivity index (χ4n) is 5.20. The number of fused-ring (bicyclic) bond motifs is 3. The first kappa shape index (κ1) is 25.6. The smallest absolute Gasteiger partial charge is 0.311 e. The highest BCUT2D eigenvalue weighted by Crippen LogP contribution is 2.55. The van der Waals surface area contributed by atoms with Crippen molar-refractivity contribution in [1.29, 1.82) is 10.5 Å². The highest BCUT2D eigenvalue weighted by Gasteiger charge is 2.49. The van der Waals surface area contributed by atoms with Crippen LogP contribution >= 0.6 is 0 Å². The van der Waals surface area contributed by atoms with E-state index in [2.05, 4.69) is 16.0 Å². The molecule has 0 amide bonds. The number of esters is 2. The average Bonchev–Trinajstić information content (AvgIpc) is 3.24. The van der Waals surface area contributed by atoms with Crippen LogP contribution in [0.25, 0.3) is 5.57 Å². The molecule has 0 saturated carbocycles. The van der Waals surface area contributed by atoms with Gasteiger partial charge in [0.15, 0.2) is 11.4 Å². The molecule has 1 aromatic heterocycles. The summed E-state index contributed by atoms with van der Waals surface area (Å²) in [6, 6.07) is 21.6. The van der Waals surface area contributed by atoms with Crippen LogP contribution in [0.15, 0.2) is 78.4 Å². The van der Waals surface area contributed by atoms with Crippen LogP contribution in [-0.2, 0) is 15.0 Å². The summed E-state index contributed by atoms with van der Waals surface area (Å²) in [6.07, 6.45) is 6.31. The summed E-state index contributed by atoms with van der Waals surface area (Å²) in [5.74, 6) is 0.0323. The van der Waals surface area contributed by atoms with Crippen molar-refractivity contribution in [2.45, 2.75) is 43.9 Å². The number of benzene rings is 2. The summed E-state index contributed by atoms with van der Waals surface area (Å²) < 4.78 is 11.1. The van der Waals surface area contributed by atoms with Crippen molar-refractivity contribution < 1.29 is 19.1 Å². The Morgan fingerprint density at radius 2 is 1.28 bits per heavy atom. The van der Waals surface area contributed by atoms with Gasteiger partial charge < -0.3 is 9.47 Å². The van der Waals surface area contributed by atoms with Gasteiger partial charge in [0.05, 0.1) is 11.4 Å². The summed E-state index contributed by atoms with van der Waals surface area (Å²) in [5.41, 5.74) is 1.73. The van der Waals surface area contributed by atoms with Crippen LogP contribution in [0.1, 0.15) is 61.3 Å². The van der Waals surface area contributed by atoms with Crippen molar-refractivity contribution in [1.82, 2.24) is 9.97 Å². The highest BCUT2D eigenvalue weighted by molar-refractivity contribution is 5.89. The summed E-state index contributed by atoms with van der Waals surface area (Å²) in [5, 5.41) is 19.3. The second-order valence-corrected chi connectivity index (χ2v) is 9.31. The molecule has 0 spiro atoms. The predicted molar refractivity (Wildman–Crippen MR) is 141 cm³/mol. The van der Waals surface area contributed by atoms with E-state index in [1.54, 1.807) is 48.5 Å². The molecule has 0 radical (unpaired) electrons. The first-order valence-electron chi connectivity index (χ1n) is 12.7. The number of aromatic nitrogens is 2. The fourth-order valence-corrected chi connectivity index (χ4v) is 5.20. The van der Waals surface area contributed by atoms with Crippen LogP contribution in [0.2, 0.25) is 0 Å². The standard InChI is InChI=1S/C31H24N4O4/c32-19-25-26(20-33)35-30-29(34-25)23-13-7-8-14-24(23)31(30,17-15-27(36)38-21-9-3-1-4-10-21)18-16-28(37)39-22-11-5-2-6-12-22/h1-6,9-14H,7-8,15-18H2. The minimum Gasteiger partial charge on any atom is -0.427 e. The molecule has 0 saturated heterocycles. The molecule has 0 atom stereocenters. The van der Waals surface area contributed by atoms with Crippen molar-refractivity contribution in [2.75, 3.05) is 0 Å². The summed E-state index contributed by atoms with van der Waals surface area (Å²) in [4.78, 5) is 35.0. The van der Waals surface area contributed by atoms with Gasteiger partial charge in [-0.25, -0.2) is 9.97 Å². The zero-order chi connectivity index (χ0) is 27.2. The Hall–Kier alpha value is -5.08. The van der Waals surface area contributed by atoms with Crippen molar-refractivity contribution >= 4 is 17.5 Å². The molecule has 39 heavy (non-hydrogen) atoms. The van der Waals surface area contributed by atoms with Crippen LogP contribution < -0.4 is 9.47 Å². The molecule has 0 aliphatic heterocycles. The number of carbonyl (C=O) groups is 2. The van der Waals surface area contributed by atoms with Gasteiger partial charge >= 0.3 is 11.9 Å². The number of nitrogens with zero attached hydrogens (tertiary/aromatic N) is 4. The van der Waals surface area contributed by atoms with Gasteiger partial charge in [-0.2, -0.15) is 10.5 Å². The second kappa shape index (κ2) is 11.1. The third-order valence-corrected chi connectivity index (χ3v) is 6.95. The molecule has 0 N–H and O–H groups in total. The Morgan fingerprint density at radius 1 is 0.769 bits per heavy atom. The van der Waals surface area contributed by atoms with E-state index in [1.807, 2.05) is 30.3 Å². The Kier molecular flexibility index (Phi) is 7.29. The van der Waals surface area contributed by atoms with Crippen LogP contribution in [0.4, 0.5) is 0 Å². The summed E-state index contributed by atoms with van der Waals surface area (Å²) >= 11 is 0.